The second-order valence-electron chi connectivity index (χ2n) is 11.8. The monoisotopic (exact) mass is 821 g/mol. The van der Waals surface area contributed by atoms with Crippen LogP contribution >= 0.6 is 36.1 Å². The molecule has 0 radical (unpaired) electrons. The quantitative estimate of drug-likeness (QED) is 0.0463. The number of thiol groups is 1. The van der Waals surface area contributed by atoms with Gasteiger partial charge in [0.05, 0.1) is 19.5 Å². The van der Waals surface area contributed by atoms with Crippen LogP contribution in [-0.4, -0.2) is 124 Å². The Hall–Kier alpha value is -2.24. The van der Waals surface area contributed by atoms with Crippen molar-refractivity contribution >= 4 is 71.1 Å². The van der Waals surface area contributed by atoms with Crippen molar-refractivity contribution in [2.75, 3.05) is 32.1 Å². The zero-order valence-electron chi connectivity index (χ0n) is 28.1. The molecule has 27 heteroatoms. The number of imidazole rings is 1. The molecular formula is C25H42N7O16P3S. The van der Waals surface area contributed by atoms with Gasteiger partial charge in [-0.3, -0.25) is 27.7 Å². The number of carbonyl (C=O) groups is 2. The van der Waals surface area contributed by atoms with Gasteiger partial charge in [-0.15, -0.1) is 0 Å². The molecule has 1 aliphatic rings. The van der Waals surface area contributed by atoms with E-state index in [0.717, 1.165) is 12.7 Å². The van der Waals surface area contributed by atoms with Crippen molar-refractivity contribution in [3.63, 3.8) is 0 Å². The van der Waals surface area contributed by atoms with Gasteiger partial charge >= 0.3 is 23.5 Å². The molecule has 52 heavy (non-hydrogen) atoms. The SMILES string of the molecule is CCCC=Nc1ncnc2c1ncn2[C@@H]1O[C@H](COP(=O)(O)OP(=O)(O)OCC(C)(C)[C@@H](O)C(=O)NCCC(=O)NCCS)[C@@H](OP(=O)(O)O)[C@H]1O. The highest BCUT2D eigenvalue weighted by molar-refractivity contribution is 7.80. The van der Waals surface area contributed by atoms with Gasteiger partial charge in [-0.2, -0.15) is 16.9 Å². The number of fused-ring (bicyclic) bond motifs is 1. The second-order valence-corrected chi connectivity index (χ2v) is 16.5. The molecule has 294 valence electrons. The maximum atomic E-state index is 12.7. The minimum atomic E-state index is -5.55. The number of phosphoric acid groups is 3. The zero-order valence-corrected chi connectivity index (χ0v) is 31.6. The van der Waals surface area contributed by atoms with Gasteiger partial charge in [-0.25, -0.2) is 33.6 Å². The lowest BCUT2D eigenvalue weighted by Crippen LogP contribution is -2.46. The van der Waals surface area contributed by atoms with Crippen LogP contribution < -0.4 is 10.6 Å². The fourth-order valence-corrected chi connectivity index (χ4v) is 7.42. The minimum absolute atomic E-state index is 0.0894. The van der Waals surface area contributed by atoms with Crippen LogP contribution in [0.5, 0.6) is 0 Å². The molecule has 0 aromatic carbocycles. The maximum absolute atomic E-state index is 12.7. The van der Waals surface area contributed by atoms with E-state index in [-0.39, 0.29) is 35.9 Å². The van der Waals surface area contributed by atoms with Crippen LogP contribution in [0.4, 0.5) is 5.82 Å². The number of phosphoric ester groups is 3. The largest absolute Gasteiger partial charge is 0.481 e. The van der Waals surface area contributed by atoms with Crippen LogP contribution in [0.1, 0.15) is 46.3 Å². The summed E-state index contributed by atoms with van der Waals surface area (Å²) in [5, 5.41) is 26.3. The third kappa shape index (κ3) is 13.0. The van der Waals surface area contributed by atoms with Crippen molar-refractivity contribution in [3.8, 4) is 0 Å². The van der Waals surface area contributed by atoms with Crippen LogP contribution in [0.15, 0.2) is 17.6 Å². The lowest BCUT2D eigenvalue weighted by molar-refractivity contribution is -0.137. The first-order valence-corrected chi connectivity index (χ1v) is 20.6. The number of nitrogens with zero attached hydrogens (tertiary/aromatic N) is 5. The zero-order chi connectivity index (χ0) is 38.9. The molecule has 3 rings (SSSR count). The van der Waals surface area contributed by atoms with E-state index >= 15 is 0 Å². The molecule has 1 saturated heterocycles. The molecule has 3 heterocycles. The third-order valence-corrected chi connectivity index (χ3v) is 10.4. The highest BCUT2D eigenvalue weighted by Crippen LogP contribution is 2.61. The topological polar surface area (TPSA) is 333 Å². The lowest BCUT2D eigenvalue weighted by Gasteiger charge is -2.30. The molecule has 0 aliphatic carbocycles. The van der Waals surface area contributed by atoms with Gasteiger partial charge in [0.25, 0.3) is 0 Å². The van der Waals surface area contributed by atoms with E-state index in [1.165, 1.54) is 24.7 Å². The van der Waals surface area contributed by atoms with Gasteiger partial charge in [0, 0.05) is 36.9 Å². The summed E-state index contributed by atoms with van der Waals surface area (Å²) in [6.07, 6.45) is -3.51. The van der Waals surface area contributed by atoms with Crippen LogP contribution in [0, 0.1) is 5.41 Å². The summed E-state index contributed by atoms with van der Waals surface area (Å²) in [4.78, 5) is 79.9. The van der Waals surface area contributed by atoms with Crippen molar-refractivity contribution in [2.24, 2.45) is 10.4 Å². The molecule has 2 aromatic heterocycles. The highest BCUT2D eigenvalue weighted by atomic mass is 32.1. The fraction of sp³-hybridized carbons (Fsp3) is 0.680. The summed E-state index contributed by atoms with van der Waals surface area (Å²) in [6.45, 7) is 2.69. The number of hydrogen-bond donors (Lipinski definition) is 9. The Balaban J connectivity index is 1.65. The Morgan fingerprint density at radius 2 is 1.81 bits per heavy atom. The number of nitrogens with one attached hydrogen (secondary N) is 2. The van der Waals surface area contributed by atoms with Gasteiger partial charge < -0.3 is 45.2 Å². The molecule has 0 spiro atoms. The average Bonchev–Trinajstić information content (AvgIpc) is 3.61. The third-order valence-electron chi connectivity index (χ3n) is 7.10. The van der Waals surface area contributed by atoms with E-state index in [9.17, 15) is 53.1 Å². The number of aromatic nitrogens is 4. The van der Waals surface area contributed by atoms with E-state index in [4.69, 9.17) is 18.3 Å². The first-order chi connectivity index (χ1) is 24.2. The number of rotatable bonds is 21. The summed E-state index contributed by atoms with van der Waals surface area (Å²) in [5.41, 5.74) is -1.31. The lowest BCUT2D eigenvalue weighted by atomic mass is 9.87. The minimum Gasteiger partial charge on any atom is -0.386 e. The van der Waals surface area contributed by atoms with Crippen LogP contribution in [-0.2, 0) is 45.9 Å². The molecule has 1 fully saturated rings. The Morgan fingerprint density at radius 3 is 2.46 bits per heavy atom. The number of amides is 2. The summed E-state index contributed by atoms with van der Waals surface area (Å²) in [7, 11) is -16.3. The predicted molar refractivity (Wildman–Crippen MR) is 182 cm³/mol. The van der Waals surface area contributed by atoms with Gasteiger partial charge in [-0.1, -0.05) is 27.2 Å². The molecule has 2 amide bonds. The number of aliphatic hydroxyl groups excluding tert-OH is 2. The molecule has 23 nitrogen and oxygen atoms in total. The summed E-state index contributed by atoms with van der Waals surface area (Å²) in [5.74, 6) is -0.718. The standard InChI is InChI=1S/C25H42N7O16P3S/c1-4-5-7-27-21-17-22(30-13-29-21)32(14-31-17)24-18(34)19(47-49(37,38)39)15(46-24)11-44-50(40,41)48-51(42,43)45-12-25(2,3)20(35)23(36)28-8-6-16(33)26-9-10-52/h7,13-15,18-20,24,34-35,52H,4-6,8-12H2,1-3H3,(H,26,33)(H,28,36)(H,40,41)(H,42,43)(H2,37,38,39)/t15-,18-,19-,20+,24-/m1/s1. The van der Waals surface area contributed by atoms with Crippen LogP contribution in [0.2, 0.25) is 0 Å². The van der Waals surface area contributed by atoms with Gasteiger partial charge in [-0.05, 0) is 6.42 Å². The van der Waals surface area contributed by atoms with Crippen molar-refractivity contribution in [1.29, 1.82) is 0 Å². The van der Waals surface area contributed by atoms with E-state index < -0.39 is 78.6 Å². The predicted octanol–water partition coefficient (Wildman–Crippen LogP) is 0.255. The Kier molecular flexibility index (Phi) is 16.0. The first-order valence-electron chi connectivity index (χ1n) is 15.5. The van der Waals surface area contributed by atoms with Crippen molar-refractivity contribution < 1.29 is 75.7 Å². The van der Waals surface area contributed by atoms with E-state index in [2.05, 4.69) is 47.5 Å². The summed E-state index contributed by atoms with van der Waals surface area (Å²) >= 11 is 3.96. The average molecular weight is 822 g/mol. The van der Waals surface area contributed by atoms with Crippen LogP contribution in [0.25, 0.3) is 11.2 Å². The Morgan fingerprint density at radius 1 is 1.12 bits per heavy atom. The molecule has 7 atom stereocenters. The van der Waals surface area contributed by atoms with Gasteiger partial charge in [0.15, 0.2) is 23.2 Å². The molecule has 2 aromatic rings. The highest BCUT2D eigenvalue weighted by Gasteiger charge is 2.50. The molecule has 1 aliphatic heterocycles. The maximum Gasteiger partial charge on any atom is 0.481 e. The number of unbranched alkanes of at least 4 members (excludes halogenated alkanes) is 1. The van der Waals surface area contributed by atoms with Gasteiger partial charge in [0.1, 0.15) is 30.7 Å². The second kappa shape index (κ2) is 18.9. The normalized spacial score (nSPS) is 22.7. The summed E-state index contributed by atoms with van der Waals surface area (Å²) in [6, 6.07) is 0. The Bertz CT molecular complexity index is 1710. The number of carbonyl (C=O) groups excluding carboxylic acids is 2. The fourth-order valence-electron chi connectivity index (χ4n) is 4.48. The smallest absolute Gasteiger partial charge is 0.386 e. The molecule has 0 bridgehead atoms. The molecular weight excluding hydrogens is 779 g/mol. The van der Waals surface area contributed by atoms with Crippen molar-refractivity contribution in [1.82, 2.24) is 30.2 Å². The molecule has 0 saturated carbocycles. The Labute approximate surface area is 302 Å². The number of hydrogen-bond acceptors (Lipinski definition) is 17. The van der Waals surface area contributed by atoms with Crippen molar-refractivity contribution in [3.05, 3.63) is 12.7 Å². The molecule has 8 N–H and O–H groups in total. The van der Waals surface area contributed by atoms with E-state index in [1.54, 1.807) is 6.21 Å². The van der Waals surface area contributed by atoms with E-state index in [1.807, 2.05) is 6.92 Å². The van der Waals surface area contributed by atoms with Crippen LogP contribution in [0.3, 0.4) is 0 Å². The summed E-state index contributed by atoms with van der Waals surface area (Å²) < 4.78 is 62.4. The number of ether oxygens (including phenoxy) is 1. The molecule has 2 unspecified atom stereocenters. The van der Waals surface area contributed by atoms with E-state index in [0.29, 0.717) is 18.7 Å². The number of aliphatic hydroxyl groups is 2. The number of aliphatic imine (C=N–C) groups is 1. The van der Waals surface area contributed by atoms with Gasteiger partial charge in [0.2, 0.25) is 11.8 Å². The van der Waals surface area contributed by atoms with Crippen molar-refractivity contribution in [2.45, 2.75) is 70.7 Å². The first kappa shape index (κ1) is 44.2.